The molecule has 1 aromatic rings. The molecular formula is C15H22BrNO4S. The lowest BCUT2D eigenvalue weighted by molar-refractivity contribution is 0.0526. The van der Waals surface area contributed by atoms with Crippen molar-refractivity contribution in [2.75, 3.05) is 13.2 Å². The third kappa shape index (κ3) is 5.70. The van der Waals surface area contributed by atoms with Crippen LogP contribution < -0.4 is 4.72 Å². The maximum absolute atomic E-state index is 12.3. The lowest BCUT2D eigenvalue weighted by atomic mass is 9.93. The predicted octanol–water partition coefficient (Wildman–Crippen LogP) is 3.34. The normalized spacial score (nSPS) is 12.2. The van der Waals surface area contributed by atoms with Gasteiger partial charge in [-0.25, -0.2) is 17.9 Å². The van der Waals surface area contributed by atoms with Crippen LogP contribution in [-0.4, -0.2) is 27.5 Å². The summed E-state index contributed by atoms with van der Waals surface area (Å²) in [7, 11) is -3.62. The van der Waals surface area contributed by atoms with E-state index in [1.165, 1.54) is 18.2 Å². The van der Waals surface area contributed by atoms with Gasteiger partial charge in [0, 0.05) is 11.0 Å². The lowest BCUT2D eigenvalue weighted by Crippen LogP contribution is -2.27. The number of carbonyl (C=O) groups excluding carboxylic acids is 1. The fourth-order valence-electron chi connectivity index (χ4n) is 1.70. The predicted molar refractivity (Wildman–Crippen MR) is 89.4 cm³/mol. The van der Waals surface area contributed by atoms with E-state index in [0.717, 1.165) is 6.42 Å². The second-order valence-electron chi connectivity index (χ2n) is 6.07. The minimum Gasteiger partial charge on any atom is -0.462 e. The fraction of sp³-hybridized carbons (Fsp3) is 0.533. The second kappa shape index (κ2) is 7.57. The molecule has 0 radical (unpaired) electrons. The number of sulfonamides is 1. The van der Waals surface area contributed by atoms with Gasteiger partial charge < -0.3 is 4.74 Å². The van der Waals surface area contributed by atoms with Gasteiger partial charge in [0.1, 0.15) is 0 Å². The van der Waals surface area contributed by atoms with Crippen molar-refractivity contribution >= 4 is 31.9 Å². The minimum absolute atomic E-state index is 0.0491. The summed E-state index contributed by atoms with van der Waals surface area (Å²) in [6, 6.07) is 4.30. The molecule has 0 bridgehead atoms. The van der Waals surface area contributed by atoms with Gasteiger partial charge in [-0.05, 0) is 52.9 Å². The number of rotatable bonds is 6. The highest BCUT2D eigenvalue weighted by molar-refractivity contribution is 9.10. The number of carbonyl (C=O) groups is 1. The molecule has 0 aliphatic heterocycles. The topological polar surface area (TPSA) is 72.5 Å². The molecule has 7 heteroatoms. The van der Waals surface area contributed by atoms with Crippen molar-refractivity contribution in [3.63, 3.8) is 0 Å². The van der Waals surface area contributed by atoms with Crippen LogP contribution in [0.1, 0.15) is 44.5 Å². The molecule has 0 unspecified atom stereocenters. The van der Waals surface area contributed by atoms with Gasteiger partial charge >= 0.3 is 5.97 Å². The minimum atomic E-state index is -3.62. The molecular weight excluding hydrogens is 370 g/mol. The maximum Gasteiger partial charge on any atom is 0.338 e. The summed E-state index contributed by atoms with van der Waals surface area (Å²) < 4.78 is 32.4. The van der Waals surface area contributed by atoms with Crippen molar-refractivity contribution in [3.8, 4) is 0 Å². The van der Waals surface area contributed by atoms with E-state index < -0.39 is 16.0 Å². The quantitative estimate of drug-likeness (QED) is 0.754. The first-order valence-electron chi connectivity index (χ1n) is 7.03. The summed E-state index contributed by atoms with van der Waals surface area (Å²) in [4.78, 5) is 11.7. The van der Waals surface area contributed by atoms with E-state index in [1.807, 2.05) is 20.8 Å². The summed E-state index contributed by atoms with van der Waals surface area (Å²) in [5, 5.41) is 0. The summed E-state index contributed by atoms with van der Waals surface area (Å²) >= 11 is 3.21. The molecule has 0 atom stereocenters. The zero-order valence-corrected chi connectivity index (χ0v) is 15.7. The van der Waals surface area contributed by atoms with Crippen LogP contribution in [0.4, 0.5) is 0 Å². The van der Waals surface area contributed by atoms with Gasteiger partial charge in [-0.2, -0.15) is 0 Å². The van der Waals surface area contributed by atoms with Crippen molar-refractivity contribution in [1.29, 1.82) is 0 Å². The van der Waals surface area contributed by atoms with Gasteiger partial charge in [0.2, 0.25) is 10.0 Å². The first kappa shape index (κ1) is 19.1. The summed E-state index contributed by atoms with van der Waals surface area (Å²) in [6.45, 7) is 8.48. The lowest BCUT2D eigenvalue weighted by Gasteiger charge is -2.18. The van der Waals surface area contributed by atoms with E-state index >= 15 is 0 Å². The van der Waals surface area contributed by atoms with Crippen LogP contribution in [0.15, 0.2) is 27.6 Å². The Bertz CT molecular complexity index is 635. The summed E-state index contributed by atoms with van der Waals surface area (Å²) in [5.41, 5.74) is 0.357. The first-order chi connectivity index (χ1) is 10.1. The van der Waals surface area contributed by atoms with E-state index in [2.05, 4.69) is 20.7 Å². The number of hydrogen-bond acceptors (Lipinski definition) is 4. The molecule has 1 N–H and O–H groups in total. The number of halogens is 1. The second-order valence-corrected chi connectivity index (χ2v) is 8.66. The smallest absolute Gasteiger partial charge is 0.338 e. The molecule has 1 rings (SSSR count). The Morgan fingerprint density at radius 3 is 2.45 bits per heavy atom. The van der Waals surface area contributed by atoms with Gasteiger partial charge in [-0.15, -0.1) is 0 Å². The van der Waals surface area contributed by atoms with E-state index in [9.17, 15) is 13.2 Å². The summed E-state index contributed by atoms with van der Waals surface area (Å²) in [6.07, 6.45) is 0.727. The van der Waals surface area contributed by atoms with Gasteiger partial charge in [0.05, 0.1) is 17.1 Å². The molecule has 5 nitrogen and oxygen atoms in total. The van der Waals surface area contributed by atoms with Crippen molar-refractivity contribution in [2.45, 2.75) is 39.0 Å². The standard InChI is InChI=1S/C15H22BrNO4S/c1-5-21-14(18)11-6-7-13(12(16)10-11)22(19,20)17-9-8-15(2,3)4/h6-7,10,17H,5,8-9H2,1-4H3. The Kier molecular flexibility index (Phi) is 6.58. The van der Waals surface area contributed by atoms with Crippen LogP contribution in [-0.2, 0) is 14.8 Å². The molecule has 1 aromatic carbocycles. The molecule has 22 heavy (non-hydrogen) atoms. The molecule has 0 saturated carbocycles. The van der Waals surface area contributed by atoms with Crippen molar-refractivity contribution in [1.82, 2.24) is 4.72 Å². The van der Waals surface area contributed by atoms with E-state index in [-0.39, 0.29) is 16.9 Å². The van der Waals surface area contributed by atoms with Crippen LogP contribution in [0.3, 0.4) is 0 Å². The number of ether oxygens (including phenoxy) is 1. The van der Waals surface area contributed by atoms with Gasteiger partial charge in [0.25, 0.3) is 0 Å². The van der Waals surface area contributed by atoms with Crippen LogP contribution in [0.25, 0.3) is 0 Å². The Labute approximate surface area is 140 Å². The third-order valence-electron chi connectivity index (χ3n) is 2.90. The zero-order valence-electron chi connectivity index (χ0n) is 13.3. The van der Waals surface area contributed by atoms with Gasteiger partial charge in [-0.3, -0.25) is 0 Å². The van der Waals surface area contributed by atoms with Crippen molar-refractivity contribution in [3.05, 3.63) is 28.2 Å². The molecule has 0 aliphatic rings. The highest BCUT2D eigenvalue weighted by Gasteiger charge is 2.20. The Balaban J connectivity index is 2.90. The van der Waals surface area contributed by atoms with E-state index in [1.54, 1.807) is 6.92 Å². The third-order valence-corrected chi connectivity index (χ3v) is 5.34. The van der Waals surface area contributed by atoms with Crippen molar-refractivity contribution < 1.29 is 17.9 Å². The SMILES string of the molecule is CCOC(=O)c1ccc(S(=O)(=O)NCCC(C)(C)C)c(Br)c1. The molecule has 0 saturated heterocycles. The molecule has 0 heterocycles. The highest BCUT2D eigenvalue weighted by atomic mass is 79.9. The fourth-order valence-corrected chi connectivity index (χ4v) is 3.81. The van der Waals surface area contributed by atoms with Gasteiger partial charge in [-0.1, -0.05) is 20.8 Å². The molecule has 0 aliphatic carbocycles. The van der Waals surface area contributed by atoms with Gasteiger partial charge in [0.15, 0.2) is 0 Å². The summed E-state index contributed by atoms with van der Waals surface area (Å²) in [5.74, 6) is -0.479. The van der Waals surface area contributed by atoms with Crippen LogP contribution >= 0.6 is 15.9 Å². The molecule has 0 spiro atoms. The first-order valence-corrected chi connectivity index (χ1v) is 9.31. The molecule has 0 aromatic heterocycles. The average molecular weight is 392 g/mol. The molecule has 124 valence electrons. The largest absolute Gasteiger partial charge is 0.462 e. The van der Waals surface area contributed by atoms with Crippen LogP contribution in [0, 0.1) is 5.41 Å². The Morgan fingerprint density at radius 2 is 1.95 bits per heavy atom. The monoisotopic (exact) mass is 391 g/mol. The molecule has 0 fully saturated rings. The Morgan fingerprint density at radius 1 is 1.32 bits per heavy atom. The van der Waals surface area contributed by atoms with E-state index in [0.29, 0.717) is 16.6 Å². The average Bonchev–Trinajstić information content (AvgIpc) is 2.36. The number of esters is 1. The Hall–Kier alpha value is -0.920. The van der Waals surface area contributed by atoms with Crippen LogP contribution in [0.5, 0.6) is 0 Å². The number of nitrogens with one attached hydrogen (secondary N) is 1. The number of hydrogen-bond donors (Lipinski definition) is 1. The number of benzene rings is 1. The van der Waals surface area contributed by atoms with E-state index in [4.69, 9.17) is 4.74 Å². The highest BCUT2D eigenvalue weighted by Crippen LogP contribution is 2.24. The van der Waals surface area contributed by atoms with Crippen LogP contribution in [0.2, 0.25) is 0 Å². The maximum atomic E-state index is 12.3. The zero-order chi connectivity index (χ0) is 17.0. The van der Waals surface area contributed by atoms with Crippen molar-refractivity contribution in [2.24, 2.45) is 5.41 Å². The molecule has 0 amide bonds.